The van der Waals surface area contributed by atoms with Gasteiger partial charge in [-0.25, -0.2) is 18.6 Å². The fourth-order valence-corrected chi connectivity index (χ4v) is 5.70. The van der Waals surface area contributed by atoms with Gasteiger partial charge in [-0.3, -0.25) is 4.79 Å². The van der Waals surface area contributed by atoms with Gasteiger partial charge in [-0.2, -0.15) is 0 Å². The van der Waals surface area contributed by atoms with E-state index in [0.717, 1.165) is 30.8 Å². The van der Waals surface area contributed by atoms with Gasteiger partial charge < -0.3 is 0 Å². The first-order chi connectivity index (χ1) is 12.3. The van der Waals surface area contributed by atoms with Crippen LogP contribution in [-0.2, 0) is 27.2 Å². The highest BCUT2D eigenvalue weighted by Gasteiger charge is 2.39. The largest absolute Gasteiger partial charge is 0.294 e. The average molecular weight is 397 g/mol. The second-order valence-electron chi connectivity index (χ2n) is 6.02. The lowest BCUT2D eigenvalue weighted by Crippen LogP contribution is -2.68. The van der Waals surface area contributed by atoms with Crippen molar-refractivity contribution in [3.8, 4) is 0 Å². The Labute approximate surface area is 158 Å². The predicted molar refractivity (Wildman–Crippen MR) is 90.3 cm³/mol. The molecule has 0 spiro atoms. The number of halogens is 1. The van der Waals surface area contributed by atoms with Crippen molar-refractivity contribution in [2.75, 3.05) is 0 Å². The molecule has 2 aromatic carbocycles. The van der Waals surface area contributed by atoms with Gasteiger partial charge in [0.2, 0.25) is 0 Å². The van der Waals surface area contributed by atoms with E-state index in [0.29, 0.717) is 5.78 Å². The maximum atomic E-state index is 12.2. The van der Waals surface area contributed by atoms with Gasteiger partial charge in [-0.15, -0.1) is 10.2 Å². The normalized spacial score (nSPS) is 17.1. The first kappa shape index (κ1) is 20.9. The van der Waals surface area contributed by atoms with Gasteiger partial charge in [0.15, 0.2) is 11.0 Å². The summed E-state index contributed by atoms with van der Waals surface area (Å²) >= 11 is 0. The molecular formula is C19H21ClO5S. The molecule has 0 aliphatic heterocycles. The molecule has 0 bridgehead atoms. The Morgan fingerprint density at radius 1 is 0.846 bits per heavy atom. The summed E-state index contributed by atoms with van der Waals surface area (Å²) in [5, 5.41) is 0.283. The molecule has 1 saturated carbocycles. The van der Waals surface area contributed by atoms with Crippen molar-refractivity contribution in [2.45, 2.75) is 36.0 Å². The maximum absolute atomic E-state index is 12.2. The number of Topliss-reactive ketones (excluding diaryl/α,β-unsaturated/α-hetero) is 1. The number of hydrogen-bond acceptors (Lipinski definition) is 5. The summed E-state index contributed by atoms with van der Waals surface area (Å²) in [4.78, 5) is 12.2. The summed E-state index contributed by atoms with van der Waals surface area (Å²) < 4.78 is 34.0. The molecule has 0 N–H and O–H groups in total. The molecule has 3 rings (SSSR count). The molecule has 0 heterocycles. The van der Waals surface area contributed by atoms with Gasteiger partial charge in [0.1, 0.15) is 11.5 Å². The minimum Gasteiger partial charge on any atom is -0.294 e. The third-order valence-corrected chi connectivity index (χ3v) is 6.75. The van der Waals surface area contributed by atoms with E-state index < -0.39 is 10.2 Å². The van der Waals surface area contributed by atoms with Crippen LogP contribution < -0.4 is 18.6 Å². The molecule has 140 valence electrons. The molecule has 1 aliphatic carbocycles. The quantitative estimate of drug-likeness (QED) is 0.625. The average Bonchev–Trinajstić information content (AvgIpc) is 3.01. The van der Waals surface area contributed by atoms with Crippen LogP contribution in [0.4, 0.5) is 0 Å². The Morgan fingerprint density at radius 2 is 1.27 bits per heavy atom. The second-order valence-corrected chi connectivity index (χ2v) is 9.00. The van der Waals surface area contributed by atoms with E-state index in [9.17, 15) is 4.79 Å². The number of hydrogen-bond donors (Lipinski definition) is 0. The van der Waals surface area contributed by atoms with Crippen molar-refractivity contribution in [3.63, 3.8) is 0 Å². The number of carbonyl (C=O) groups is 1. The van der Waals surface area contributed by atoms with Gasteiger partial charge in [0.05, 0.1) is 0 Å². The molecule has 1 aliphatic rings. The van der Waals surface area contributed by atoms with E-state index in [-0.39, 0.29) is 16.1 Å². The van der Waals surface area contributed by atoms with Crippen molar-refractivity contribution in [1.29, 1.82) is 0 Å². The van der Waals surface area contributed by atoms with Crippen LogP contribution in [-0.4, -0.2) is 11.0 Å². The van der Waals surface area contributed by atoms with Crippen LogP contribution in [0.2, 0.25) is 0 Å². The Morgan fingerprint density at radius 3 is 1.62 bits per heavy atom. The van der Waals surface area contributed by atoms with Crippen LogP contribution >= 0.6 is 0 Å². The standard InChI is InChI=1S/C19H21OS.ClHO4/c20-18-12-7-13-19(18)21(14-16-8-3-1-4-9-16)15-17-10-5-2-6-11-17;2-1(3,4)5/h1-6,8-11,19H,7,12-15H2;(H,2,3,4,5)/q+1;/p-1. The lowest BCUT2D eigenvalue weighted by molar-refractivity contribution is -2.00. The Hall–Kier alpha value is -1.41. The molecule has 2 aromatic rings. The minimum absolute atomic E-state index is 0.119. The topological polar surface area (TPSA) is 109 Å². The van der Waals surface area contributed by atoms with Crippen molar-refractivity contribution in [3.05, 3.63) is 71.8 Å². The molecule has 0 amide bonds. The monoisotopic (exact) mass is 396 g/mol. The van der Waals surface area contributed by atoms with Crippen molar-refractivity contribution in [1.82, 2.24) is 0 Å². The smallest absolute Gasteiger partial charge is 0.184 e. The van der Waals surface area contributed by atoms with Crippen molar-refractivity contribution in [2.24, 2.45) is 0 Å². The Kier molecular flexibility index (Phi) is 8.09. The fraction of sp³-hybridized carbons (Fsp3) is 0.316. The van der Waals surface area contributed by atoms with Crippen LogP contribution in [0.1, 0.15) is 30.4 Å². The number of carbonyl (C=O) groups excluding carboxylic acids is 1. The van der Waals surface area contributed by atoms with E-state index >= 15 is 0 Å². The van der Waals surface area contributed by atoms with Gasteiger partial charge in [-0.1, -0.05) is 60.7 Å². The van der Waals surface area contributed by atoms with Crippen molar-refractivity contribution < 1.29 is 33.7 Å². The molecule has 0 saturated heterocycles. The van der Waals surface area contributed by atoms with Gasteiger partial charge >= 0.3 is 0 Å². The third-order valence-electron chi connectivity index (χ3n) is 4.04. The summed E-state index contributed by atoms with van der Waals surface area (Å²) in [6.45, 7) is 0. The third kappa shape index (κ3) is 7.86. The molecular weight excluding hydrogens is 376 g/mol. The van der Waals surface area contributed by atoms with Gasteiger partial charge in [0.25, 0.3) is 0 Å². The van der Waals surface area contributed by atoms with E-state index in [1.165, 1.54) is 11.1 Å². The first-order valence-electron chi connectivity index (χ1n) is 8.21. The molecule has 7 heteroatoms. The van der Waals surface area contributed by atoms with E-state index in [1.54, 1.807) is 0 Å². The fourth-order valence-electron chi connectivity index (χ4n) is 2.97. The molecule has 0 aromatic heterocycles. The highest BCUT2D eigenvalue weighted by molar-refractivity contribution is 7.96. The van der Waals surface area contributed by atoms with Crippen LogP contribution in [0.15, 0.2) is 60.7 Å². The van der Waals surface area contributed by atoms with Crippen LogP contribution in [0.3, 0.4) is 0 Å². The second kappa shape index (κ2) is 10.1. The molecule has 5 nitrogen and oxygen atoms in total. The number of ketones is 1. The summed E-state index contributed by atoms with van der Waals surface area (Å²) in [7, 11) is -4.83. The SMILES string of the molecule is O=C1CCCC1[S+](Cc1ccccc1)Cc1ccccc1.[O-][Cl+3]([O-])([O-])[O-]. The molecule has 0 radical (unpaired) electrons. The summed E-state index contributed by atoms with van der Waals surface area (Å²) in [6, 6.07) is 21.2. The summed E-state index contributed by atoms with van der Waals surface area (Å²) in [5.74, 6) is 2.56. The lowest BCUT2D eigenvalue weighted by Gasteiger charge is -2.17. The highest BCUT2D eigenvalue weighted by Crippen LogP contribution is 2.28. The Balaban J connectivity index is 0.000000431. The lowest BCUT2D eigenvalue weighted by atomic mass is 10.2. The van der Waals surface area contributed by atoms with Crippen LogP contribution in [0.25, 0.3) is 0 Å². The van der Waals surface area contributed by atoms with Gasteiger partial charge in [-0.05, 0) is 6.42 Å². The van der Waals surface area contributed by atoms with E-state index in [2.05, 4.69) is 60.7 Å². The van der Waals surface area contributed by atoms with E-state index in [1.807, 2.05) is 0 Å². The summed E-state index contributed by atoms with van der Waals surface area (Å²) in [6.07, 6.45) is 2.95. The van der Waals surface area contributed by atoms with Crippen molar-refractivity contribution >= 4 is 16.7 Å². The van der Waals surface area contributed by atoms with Crippen LogP contribution in [0.5, 0.6) is 0 Å². The zero-order chi connectivity index (χ0) is 19.0. The van der Waals surface area contributed by atoms with Gasteiger partial charge in [0, 0.05) is 34.9 Å². The molecule has 1 atom stereocenters. The number of rotatable bonds is 5. The highest BCUT2D eigenvalue weighted by atomic mass is 35.7. The Bertz CT molecular complexity index is 628. The van der Waals surface area contributed by atoms with E-state index in [4.69, 9.17) is 18.6 Å². The zero-order valence-electron chi connectivity index (χ0n) is 14.2. The maximum Gasteiger partial charge on any atom is 0.184 e. The molecule has 26 heavy (non-hydrogen) atoms. The molecule has 1 unspecified atom stereocenters. The zero-order valence-corrected chi connectivity index (χ0v) is 15.8. The minimum atomic E-state index is -4.94. The number of benzene rings is 2. The summed E-state index contributed by atoms with van der Waals surface area (Å²) in [5.41, 5.74) is 2.72. The first-order valence-corrected chi connectivity index (χ1v) is 11.1. The van der Waals surface area contributed by atoms with Crippen LogP contribution in [0, 0.1) is 10.2 Å². The molecule has 1 fully saturated rings. The predicted octanol–water partition coefficient (Wildman–Crippen LogP) is -0.629.